The van der Waals surface area contributed by atoms with Gasteiger partial charge in [-0.05, 0) is 42.5 Å². The van der Waals surface area contributed by atoms with Crippen LogP contribution in [0.4, 0.5) is 4.39 Å². The van der Waals surface area contributed by atoms with Gasteiger partial charge in [0.2, 0.25) is 0 Å². The largest absolute Gasteiger partial charge is 0.369 e. The van der Waals surface area contributed by atoms with Crippen LogP contribution < -0.4 is 5.32 Å². The van der Waals surface area contributed by atoms with Gasteiger partial charge in [0.25, 0.3) is 0 Å². The molecule has 1 unspecified atom stereocenters. The highest BCUT2D eigenvalue weighted by atomic mass is 19.1. The first-order valence-corrected chi connectivity index (χ1v) is 5.31. The highest BCUT2D eigenvalue weighted by Crippen LogP contribution is 2.30. The summed E-state index contributed by atoms with van der Waals surface area (Å²) in [5.41, 5.74) is 2.50. The van der Waals surface area contributed by atoms with Gasteiger partial charge in [-0.2, -0.15) is 0 Å². The molecule has 1 aromatic rings. The van der Waals surface area contributed by atoms with Gasteiger partial charge < -0.3 is 5.32 Å². The highest BCUT2D eigenvalue weighted by Gasteiger charge is 2.35. The van der Waals surface area contributed by atoms with E-state index in [9.17, 15) is 4.39 Å². The second kappa shape index (κ2) is 3.05. The molecule has 0 saturated carbocycles. The molecule has 3 heteroatoms. The van der Waals surface area contributed by atoms with Gasteiger partial charge in [-0.25, -0.2) is 4.39 Å². The minimum atomic E-state index is -0.135. The maximum Gasteiger partial charge on any atom is 0.123 e. The van der Waals surface area contributed by atoms with E-state index >= 15 is 0 Å². The fourth-order valence-electron chi connectivity index (χ4n) is 2.54. The van der Waals surface area contributed by atoms with Crippen molar-refractivity contribution in [3.63, 3.8) is 0 Å². The molecular formula is C12H13FN2. The third-order valence-corrected chi connectivity index (χ3v) is 3.43. The average molecular weight is 204 g/mol. The van der Waals surface area contributed by atoms with E-state index in [1.165, 1.54) is 5.56 Å². The Morgan fingerprint density at radius 2 is 2.27 bits per heavy atom. The van der Waals surface area contributed by atoms with E-state index in [1.807, 2.05) is 6.07 Å². The number of nitrogens with one attached hydrogen (secondary N) is 1. The van der Waals surface area contributed by atoms with Crippen molar-refractivity contribution >= 4 is 6.34 Å². The van der Waals surface area contributed by atoms with Crippen molar-refractivity contribution in [2.24, 2.45) is 4.99 Å². The van der Waals surface area contributed by atoms with Crippen LogP contribution >= 0.6 is 0 Å². The van der Waals surface area contributed by atoms with Crippen LogP contribution in [0.1, 0.15) is 17.5 Å². The number of nitrogens with zero attached hydrogens (tertiary/aromatic N) is 1. The smallest absolute Gasteiger partial charge is 0.123 e. The van der Waals surface area contributed by atoms with Crippen molar-refractivity contribution in [3.8, 4) is 0 Å². The maximum atomic E-state index is 13.1. The molecule has 2 aliphatic rings. The van der Waals surface area contributed by atoms with E-state index in [0.29, 0.717) is 0 Å². The first kappa shape index (κ1) is 8.89. The zero-order valence-electron chi connectivity index (χ0n) is 8.46. The van der Waals surface area contributed by atoms with Crippen molar-refractivity contribution in [2.45, 2.75) is 24.8 Å². The van der Waals surface area contributed by atoms with Crippen molar-refractivity contribution in [2.75, 3.05) is 6.54 Å². The van der Waals surface area contributed by atoms with E-state index in [-0.39, 0.29) is 11.4 Å². The Bertz CT molecular complexity index is 418. The molecule has 0 amide bonds. The molecule has 3 rings (SSSR count). The summed E-state index contributed by atoms with van der Waals surface area (Å²) in [4.78, 5) is 4.23. The molecule has 0 fully saturated rings. The van der Waals surface area contributed by atoms with Crippen LogP contribution in [-0.2, 0) is 12.8 Å². The van der Waals surface area contributed by atoms with Gasteiger partial charge in [0.05, 0.1) is 18.4 Å². The van der Waals surface area contributed by atoms with Crippen molar-refractivity contribution in [3.05, 3.63) is 35.1 Å². The fraction of sp³-hybridized carbons (Fsp3) is 0.417. The van der Waals surface area contributed by atoms with Gasteiger partial charge in [0.1, 0.15) is 5.82 Å². The second-order valence-electron chi connectivity index (χ2n) is 4.48. The summed E-state index contributed by atoms with van der Waals surface area (Å²) in [6.45, 7) is 0.822. The number of hydrogen-bond donors (Lipinski definition) is 1. The standard InChI is InChI=1S/C12H13FN2/c13-11-2-1-9-3-4-12(6-10(9)5-11)7-14-8-15-12/h1-2,5,8H,3-4,6-7H2,(H,14,15). The van der Waals surface area contributed by atoms with Gasteiger partial charge in [0, 0.05) is 0 Å². The first-order chi connectivity index (χ1) is 7.27. The van der Waals surface area contributed by atoms with E-state index in [2.05, 4.69) is 10.3 Å². The number of benzene rings is 1. The Morgan fingerprint density at radius 1 is 1.33 bits per heavy atom. The topological polar surface area (TPSA) is 24.4 Å². The van der Waals surface area contributed by atoms with Crippen LogP contribution in [0.3, 0.4) is 0 Å². The van der Waals surface area contributed by atoms with E-state index < -0.39 is 0 Å². The summed E-state index contributed by atoms with van der Waals surface area (Å²) >= 11 is 0. The lowest BCUT2D eigenvalue weighted by molar-refractivity contribution is 0.362. The number of rotatable bonds is 0. The lowest BCUT2D eigenvalue weighted by atomic mass is 9.78. The molecule has 1 heterocycles. The third-order valence-electron chi connectivity index (χ3n) is 3.43. The Balaban J connectivity index is 1.95. The molecule has 1 aliphatic carbocycles. The van der Waals surface area contributed by atoms with Crippen LogP contribution in [0.15, 0.2) is 23.2 Å². The van der Waals surface area contributed by atoms with Crippen molar-refractivity contribution in [1.29, 1.82) is 0 Å². The Labute approximate surface area is 88.2 Å². The molecule has 1 atom stereocenters. The number of halogens is 1. The summed E-state index contributed by atoms with van der Waals surface area (Å²) in [6.07, 6.45) is 4.78. The monoisotopic (exact) mass is 204 g/mol. The second-order valence-corrected chi connectivity index (χ2v) is 4.48. The highest BCUT2D eigenvalue weighted by molar-refractivity contribution is 5.59. The van der Waals surface area contributed by atoms with Gasteiger partial charge in [-0.15, -0.1) is 0 Å². The molecule has 78 valence electrons. The van der Waals surface area contributed by atoms with Crippen LogP contribution in [0.25, 0.3) is 0 Å². The molecule has 1 spiro atoms. The van der Waals surface area contributed by atoms with Gasteiger partial charge >= 0.3 is 0 Å². The Kier molecular flexibility index (Phi) is 1.81. The van der Waals surface area contributed by atoms with E-state index in [4.69, 9.17) is 0 Å². The molecule has 15 heavy (non-hydrogen) atoms. The third kappa shape index (κ3) is 1.42. The summed E-state index contributed by atoms with van der Waals surface area (Å²) in [6, 6.07) is 5.12. The molecule has 1 N–H and O–H groups in total. The minimum absolute atomic E-state index is 0.0702. The van der Waals surface area contributed by atoms with Crippen molar-refractivity contribution in [1.82, 2.24) is 5.32 Å². The number of aryl methyl sites for hydroxylation is 1. The number of fused-ring (bicyclic) bond motifs is 1. The van der Waals surface area contributed by atoms with Crippen LogP contribution in [-0.4, -0.2) is 18.4 Å². The lowest BCUT2D eigenvalue weighted by Gasteiger charge is -2.34. The van der Waals surface area contributed by atoms with Crippen LogP contribution in [0.2, 0.25) is 0 Å². The predicted molar refractivity (Wildman–Crippen MR) is 57.7 cm³/mol. The average Bonchev–Trinajstić information content (AvgIpc) is 2.66. The summed E-state index contributed by atoms with van der Waals surface area (Å²) in [5, 5.41) is 3.32. The van der Waals surface area contributed by atoms with Crippen LogP contribution in [0, 0.1) is 5.82 Å². The summed E-state index contributed by atoms with van der Waals surface area (Å²) in [7, 11) is 0. The van der Waals surface area contributed by atoms with E-state index in [0.717, 1.165) is 31.4 Å². The van der Waals surface area contributed by atoms with Gasteiger partial charge in [-0.1, -0.05) is 6.07 Å². The molecule has 0 saturated heterocycles. The zero-order chi connectivity index (χ0) is 10.3. The summed E-state index contributed by atoms with van der Waals surface area (Å²) < 4.78 is 13.1. The molecule has 1 aromatic carbocycles. The van der Waals surface area contributed by atoms with Gasteiger partial charge in [-0.3, -0.25) is 4.99 Å². The molecule has 2 nitrogen and oxygen atoms in total. The van der Waals surface area contributed by atoms with E-state index in [1.54, 1.807) is 18.5 Å². The number of hydrogen-bond acceptors (Lipinski definition) is 2. The quantitative estimate of drug-likeness (QED) is 0.683. The minimum Gasteiger partial charge on any atom is -0.369 e. The SMILES string of the molecule is Fc1ccc2c(c1)CC1(CC2)CN=CN1. The van der Waals surface area contributed by atoms with Crippen molar-refractivity contribution < 1.29 is 4.39 Å². The molecule has 0 bridgehead atoms. The first-order valence-electron chi connectivity index (χ1n) is 5.31. The molecular weight excluding hydrogens is 191 g/mol. The molecule has 1 aliphatic heterocycles. The zero-order valence-corrected chi connectivity index (χ0v) is 8.46. The summed E-state index contributed by atoms with van der Waals surface area (Å²) in [5.74, 6) is -0.135. The molecule has 0 radical (unpaired) electrons. The fourth-order valence-corrected chi connectivity index (χ4v) is 2.54. The van der Waals surface area contributed by atoms with Crippen LogP contribution in [0.5, 0.6) is 0 Å². The lowest BCUT2D eigenvalue weighted by Crippen LogP contribution is -2.47. The Hall–Kier alpha value is -1.38. The predicted octanol–water partition coefficient (Wildman–Crippen LogP) is 1.68. The normalized spacial score (nSPS) is 27.8. The van der Waals surface area contributed by atoms with Gasteiger partial charge in [0.15, 0.2) is 0 Å². The maximum absolute atomic E-state index is 13.1. The number of aliphatic imine (C=N–C) groups is 1. The Morgan fingerprint density at radius 3 is 3.07 bits per heavy atom. The molecule has 0 aromatic heterocycles.